The number of nitrogens with one attached hydrogen (secondary N) is 2. The van der Waals surface area contributed by atoms with Crippen LogP contribution in [0, 0.1) is 0 Å². The third kappa shape index (κ3) is 5.41. The Morgan fingerprint density at radius 1 is 0.939 bits per heavy atom. The summed E-state index contributed by atoms with van der Waals surface area (Å²) in [6, 6.07) is 0. The molecule has 0 atom stereocenters. The van der Waals surface area contributed by atoms with Gasteiger partial charge >= 0.3 is 0 Å². The SMILES string of the molecule is CCc1nc(Nc2nc(N3CCCCC3)c(Cl)nc2C(=O)NC)nc(N2CCN(C)CC2)n1. The Bertz CT molecular complexity index is 989. The highest BCUT2D eigenvalue weighted by Gasteiger charge is 2.24. The van der Waals surface area contributed by atoms with Crippen molar-refractivity contribution in [2.75, 3.05) is 68.5 Å². The van der Waals surface area contributed by atoms with Crippen molar-refractivity contribution in [2.45, 2.75) is 32.6 Å². The van der Waals surface area contributed by atoms with Gasteiger partial charge < -0.3 is 25.3 Å². The fourth-order valence-corrected chi connectivity index (χ4v) is 4.20. The molecule has 0 radical (unpaired) electrons. The number of piperazine rings is 1. The highest BCUT2D eigenvalue weighted by molar-refractivity contribution is 6.32. The molecule has 0 bridgehead atoms. The maximum Gasteiger partial charge on any atom is 0.273 e. The van der Waals surface area contributed by atoms with Gasteiger partial charge in [0.25, 0.3) is 5.91 Å². The van der Waals surface area contributed by atoms with E-state index in [9.17, 15) is 4.79 Å². The first kappa shape index (κ1) is 23.4. The molecule has 2 aromatic rings. The van der Waals surface area contributed by atoms with E-state index < -0.39 is 0 Å². The molecule has 2 aliphatic rings. The standard InChI is InChI=1S/C21H31ClN10O/c1-4-14-24-20(29-21(25-14)32-12-10-30(3)11-13-32)28-17-15(19(33)23-2)26-16(22)18(27-17)31-8-6-5-7-9-31/h4-13H2,1-3H3,(H,23,33)(H,24,25,27,28,29). The number of likely N-dealkylation sites (N-methyl/N-ethyl adjacent to an activating group) is 1. The molecular weight excluding hydrogens is 444 g/mol. The van der Waals surface area contributed by atoms with Gasteiger partial charge in [0, 0.05) is 52.7 Å². The zero-order valence-corrected chi connectivity index (χ0v) is 20.2. The number of amides is 1. The van der Waals surface area contributed by atoms with E-state index in [0.29, 0.717) is 30.0 Å². The highest BCUT2D eigenvalue weighted by atomic mass is 35.5. The van der Waals surface area contributed by atoms with Crippen LogP contribution in [-0.2, 0) is 6.42 Å². The Hall–Kier alpha value is -2.79. The summed E-state index contributed by atoms with van der Waals surface area (Å²) in [5, 5.41) is 5.95. The molecule has 2 saturated heterocycles. The van der Waals surface area contributed by atoms with Crippen molar-refractivity contribution in [3.8, 4) is 0 Å². The number of aryl methyl sites for hydroxylation is 1. The van der Waals surface area contributed by atoms with Gasteiger partial charge in [-0.25, -0.2) is 9.97 Å². The quantitative estimate of drug-likeness (QED) is 0.641. The van der Waals surface area contributed by atoms with Gasteiger partial charge in [-0.05, 0) is 26.3 Å². The van der Waals surface area contributed by atoms with Crippen molar-refractivity contribution in [3.05, 3.63) is 16.7 Å². The van der Waals surface area contributed by atoms with Crippen molar-refractivity contribution in [1.29, 1.82) is 0 Å². The molecule has 2 fully saturated rings. The number of aromatic nitrogens is 5. The zero-order chi connectivity index (χ0) is 23.4. The minimum absolute atomic E-state index is 0.0999. The molecule has 12 heteroatoms. The first-order chi connectivity index (χ1) is 16.0. The van der Waals surface area contributed by atoms with Gasteiger partial charge in [0.1, 0.15) is 5.82 Å². The molecule has 4 rings (SSSR count). The highest BCUT2D eigenvalue weighted by Crippen LogP contribution is 2.29. The monoisotopic (exact) mass is 474 g/mol. The molecule has 0 saturated carbocycles. The molecule has 33 heavy (non-hydrogen) atoms. The average Bonchev–Trinajstić information content (AvgIpc) is 2.85. The van der Waals surface area contributed by atoms with Crippen LogP contribution in [0.25, 0.3) is 0 Å². The molecule has 178 valence electrons. The van der Waals surface area contributed by atoms with Crippen LogP contribution >= 0.6 is 11.6 Å². The lowest BCUT2D eigenvalue weighted by molar-refractivity contribution is 0.0959. The van der Waals surface area contributed by atoms with E-state index >= 15 is 0 Å². The third-order valence-corrected chi connectivity index (χ3v) is 6.19. The van der Waals surface area contributed by atoms with Gasteiger partial charge in [0.2, 0.25) is 11.9 Å². The fourth-order valence-electron chi connectivity index (χ4n) is 3.95. The fraction of sp³-hybridized carbons (Fsp3) is 0.619. The van der Waals surface area contributed by atoms with Crippen LogP contribution in [0.15, 0.2) is 0 Å². The van der Waals surface area contributed by atoms with E-state index in [4.69, 9.17) is 16.6 Å². The summed E-state index contributed by atoms with van der Waals surface area (Å²) < 4.78 is 0. The minimum atomic E-state index is -0.388. The van der Waals surface area contributed by atoms with Crippen LogP contribution in [0.1, 0.15) is 42.5 Å². The van der Waals surface area contributed by atoms with Gasteiger partial charge in [-0.1, -0.05) is 18.5 Å². The van der Waals surface area contributed by atoms with Crippen LogP contribution in [-0.4, -0.2) is 89.1 Å². The molecule has 0 unspecified atom stereocenters. The summed E-state index contributed by atoms with van der Waals surface area (Å²) in [5.41, 5.74) is 0.0999. The molecule has 2 N–H and O–H groups in total. The number of nitrogens with zero attached hydrogens (tertiary/aromatic N) is 8. The van der Waals surface area contributed by atoms with E-state index in [0.717, 1.165) is 52.1 Å². The van der Waals surface area contributed by atoms with Crippen molar-refractivity contribution in [3.63, 3.8) is 0 Å². The summed E-state index contributed by atoms with van der Waals surface area (Å²) in [4.78, 5) is 42.0. The number of hydrogen-bond donors (Lipinski definition) is 2. The summed E-state index contributed by atoms with van der Waals surface area (Å²) in [6.45, 7) is 7.27. The predicted molar refractivity (Wildman–Crippen MR) is 129 cm³/mol. The molecule has 1 amide bonds. The van der Waals surface area contributed by atoms with Crippen LogP contribution < -0.4 is 20.4 Å². The van der Waals surface area contributed by atoms with Crippen molar-refractivity contribution >= 4 is 41.0 Å². The van der Waals surface area contributed by atoms with Crippen molar-refractivity contribution < 1.29 is 4.79 Å². The average molecular weight is 475 g/mol. The summed E-state index contributed by atoms with van der Waals surface area (Å²) >= 11 is 6.45. The lowest BCUT2D eigenvalue weighted by atomic mass is 10.1. The molecule has 2 aromatic heterocycles. The zero-order valence-electron chi connectivity index (χ0n) is 19.4. The summed E-state index contributed by atoms with van der Waals surface area (Å²) in [5.74, 6) is 2.08. The second-order valence-electron chi connectivity index (χ2n) is 8.31. The molecule has 4 heterocycles. The molecule has 0 aliphatic carbocycles. The van der Waals surface area contributed by atoms with E-state index in [-0.39, 0.29) is 22.6 Å². The smallest absolute Gasteiger partial charge is 0.273 e. The first-order valence-corrected chi connectivity index (χ1v) is 11.9. The number of halogens is 1. The molecule has 0 aromatic carbocycles. The topological polar surface area (TPSA) is 115 Å². The minimum Gasteiger partial charge on any atom is -0.354 e. The third-order valence-electron chi connectivity index (χ3n) is 5.94. The van der Waals surface area contributed by atoms with Gasteiger partial charge in [0.05, 0.1) is 0 Å². The lowest BCUT2D eigenvalue weighted by Crippen LogP contribution is -2.45. The van der Waals surface area contributed by atoms with Crippen LogP contribution in [0.3, 0.4) is 0 Å². The second kappa shape index (κ2) is 10.4. The van der Waals surface area contributed by atoms with Gasteiger partial charge in [-0.2, -0.15) is 15.0 Å². The van der Waals surface area contributed by atoms with E-state index in [1.807, 2.05) is 6.92 Å². The summed E-state index contributed by atoms with van der Waals surface area (Å²) in [7, 11) is 3.65. The summed E-state index contributed by atoms with van der Waals surface area (Å²) in [6.07, 6.45) is 3.98. The van der Waals surface area contributed by atoms with Crippen LogP contribution in [0.2, 0.25) is 5.15 Å². The Kier molecular flexibility index (Phi) is 7.39. The largest absolute Gasteiger partial charge is 0.354 e. The maximum absolute atomic E-state index is 12.5. The van der Waals surface area contributed by atoms with Crippen LogP contribution in [0.5, 0.6) is 0 Å². The number of piperidine rings is 1. The van der Waals surface area contributed by atoms with E-state index in [2.05, 4.69) is 52.3 Å². The molecule has 0 spiro atoms. The van der Waals surface area contributed by atoms with Gasteiger partial charge in [-0.15, -0.1) is 0 Å². The lowest BCUT2D eigenvalue weighted by Gasteiger charge is -2.32. The normalized spacial score (nSPS) is 17.2. The second-order valence-corrected chi connectivity index (χ2v) is 8.66. The predicted octanol–water partition coefficient (Wildman–Crippen LogP) is 1.72. The molecule has 11 nitrogen and oxygen atoms in total. The van der Waals surface area contributed by atoms with Crippen LogP contribution in [0.4, 0.5) is 23.5 Å². The Morgan fingerprint density at radius 3 is 2.33 bits per heavy atom. The van der Waals surface area contributed by atoms with Gasteiger partial charge in [0.15, 0.2) is 22.5 Å². The number of carbonyl (C=O) groups is 1. The number of hydrogen-bond acceptors (Lipinski definition) is 10. The van der Waals surface area contributed by atoms with Gasteiger partial charge in [-0.3, -0.25) is 4.79 Å². The maximum atomic E-state index is 12.5. The number of carbonyl (C=O) groups excluding carboxylic acids is 1. The molecule has 2 aliphatic heterocycles. The van der Waals surface area contributed by atoms with Crippen molar-refractivity contribution in [1.82, 2.24) is 35.1 Å². The van der Waals surface area contributed by atoms with Crippen molar-refractivity contribution in [2.24, 2.45) is 0 Å². The Labute approximate surface area is 199 Å². The Morgan fingerprint density at radius 2 is 1.67 bits per heavy atom. The Balaban J connectivity index is 1.69. The van der Waals surface area contributed by atoms with E-state index in [1.165, 1.54) is 6.42 Å². The number of rotatable bonds is 6. The number of anilines is 4. The first-order valence-electron chi connectivity index (χ1n) is 11.5. The molecular formula is C21H31ClN10O. The van der Waals surface area contributed by atoms with E-state index in [1.54, 1.807) is 7.05 Å².